The van der Waals surface area contributed by atoms with Crippen molar-refractivity contribution in [3.05, 3.63) is 39.9 Å². The van der Waals surface area contributed by atoms with Crippen LogP contribution in [-0.2, 0) is 20.7 Å². The van der Waals surface area contributed by atoms with Crippen molar-refractivity contribution in [1.82, 2.24) is 5.32 Å². The number of carbonyl (C=O) groups is 2. The summed E-state index contributed by atoms with van der Waals surface area (Å²) in [6.45, 7) is 0.339. The Labute approximate surface area is 115 Å². The smallest absolute Gasteiger partial charge is 0.328 e. The summed E-state index contributed by atoms with van der Waals surface area (Å²) in [6, 6.07) is 5.51. The van der Waals surface area contributed by atoms with Gasteiger partial charge >= 0.3 is 5.97 Å². The van der Waals surface area contributed by atoms with Gasteiger partial charge in [0.15, 0.2) is 0 Å². The van der Waals surface area contributed by atoms with E-state index in [9.17, 15) is 19.7 Å². The molecule has 106 valence electrons. The van der Waals surface area contributed by atoms with Gasteiger partial charge in [0.1, 0.15) is 6.04 Å². The molecule has 0 unspecified atom stereocenters. The molecule has 0 saturated carbocycles. The third-order valence-corrected chi connectivity index (χ3v) is 3.06. The highest BCUT2D eigenvalue weighted by molar-refractivity contribution is 5.85. The van der Waals surface area contributed by atoms with Crippen molar-refractivity contribution >= 4 is 17.6 Å². The van der Waals surface area contributed by atoms with E-state index in [2.05, 4.69) is 5.32 Å². The average Bonchev–Trinajstić information content (AvgIpc) is 2.82. The molecule has 1 fully saturated rings. The highest BCUT2D eigenvalue weighted by Crippen LogP contribution is 2.13. The second-order valence-electron chi connectivity index (χ2n) is 4.50. The number of amides is 1. The molecule has 2 rings (SSSR count). The van der Waals surface area contributed by atoms with Gasteiger partial charge in [0.25, 0.3) is 5.69 Å². The van der Waals surface area contributed by atoms with Gasteiger partial charge < -0.3 is 10.1 Å². The molecule has 0 aliphatic carbocycles. The zero-order valence-corrected chi connectivity index (χ0v) is 10.7. The number of carbonyl (C=O) groups excluding carboxylic acids is 2. The summed E-state index contributed by atoms with van der Waals surface area (Å²) in [5.74, 6) is -0.624. The van der Waals surface area contributed by atoms with Crippen LogP contribution in [0.3, 0.4) is 0 Å². The lowest BCUT2D eigenvalue weighted by Crippen LogP contribution is -2.37. The first-order chi connectivity index (χ1) is 9.56. The Morgan fingerprint density at radius 1 is 1.40 bits per heavy atom. The molecule has 1 aliphatic rings. The highest BCUT2D eigenvalue weighted by atomic mass is 16.6. The Kier molecular flexibility index (Phi) is 4.29. The molecule has 0 radical (unpaired) electrons. The summed E-state index contributed by atoms with van der Waals surface area (Å²) in [5.41, 5.74) is 0.853. The molecule has 1 N–H and O–H groups in total. The van der Waals surface area contributed by atoms with Crippen LogP contribution in [0.25, 0.3) is 0 Å². The van der Waals surface area contributed by atoms with E-state index in [4.69, 9.17) is 4.74 Å². The monoisotopic (exact) mass is 278 g/mol. The second-order valence-corrected chi connectivity index (χ2v) is 4.50. The van der Waals surface area contributed by atoms with Gasteiger partial charge in [-0.2, -0.15) is 0 Å². The standard InChI is InChI=1S/C13H14N2O5/c16-12(14-11-7-8-20-13(11)17)6-3-9-1-4-10(5-2-9)15(18)19/h1-2,4-5,11H,3,6-8H2,(H,14,16)/t11-/m0/s1. The fourth-order valence-electron chi connectivity index (χ4n) is 1.94. The Balaban J connectivity index is 1.81. The molecule has 0 bridgehead atoms. The quantitative estimate of drug-likeness (QED) is 0.491. The SMILES string of the molecule is O=C(CCc1ccc([N+](=O)[O-])cc1)N[C@H]1CCOC1=O. The number of nitro benzene ring substituents is 1. The summed E-state index contributed by atoms with van der Waals surface area (Å²) in [5, 5.41) is 13.1. The number of cyclic esters (lactones) is 1. The number of esters is 1. The van der Waals surface area contributed by atoms with Crippen molar-refractivity contribution in [1.29, 1.82) is 0 Å². The Morgan fingerprint density at radius 3 is 2.65 bits per heavy atom. The van der Waals surface area contributed by atoms with E-state index >= 15 is 0 Å². The minimum absolute atomic E-state index is 0.0203. The molecule has 20 heavy (non-hydrogen) atoms. The number of benzene rings is 1. The number of hydrogen-bond acceptors (Lipinski definition) is 5. The van der Waals surface area contributed by atoms with Crippen LogP contribution in [0.4, 0.5) is 5.69 Å². The van der Waals surface area contributed by atoms with E-state index in [0.717, 1.165) is 5.56 Å². The number of non-ortho nitro benzene ring substituents is 1. The fourth-order valence-corrected chi connectivity index (χ4v) is 1.94. The molecule has 7 nitrogen and oxygen atoms in total. The summed E-state index contributed by atoms with van der Waals surface area (Å²) < 4.78 is 4.75. The number of rotatable bonds is 5. The predicted molar refractivity (Wildman–Crippen MR) is 68.9 cm³/mol. The van der Waals surface area contributed by atoms with Crippen LogP contribution < -0.4 is 5.32 Å². The maximum absolute atomic E-state index is 11.7. The van der Waals surface area contributed by atoms with Gasteiger partial charge in [-0.25, -0.2) is 4.79 Å². The maximum Gasteiger partial charge on any atom is 0.328 e. The van der Waals surface area contributed by atoms with Gasteiger partial charge in [-0.05, 0) is 12.0 Å². The molecule has 1 aromatic rings. The first-order valence-electron chi connectivity index (χ1n) is 6.25. The zero-order chi connectivity index (χ0) is 14.5. The molecule has 1 aliphatic heterocycles. The molecule has 7 heteroatoms. The summed E-state index contributed by atoms with van der Waals surface area (Å²) in [4.78, 5) is 32.9. The average molecular weight is 278 g/mol. The van der Waals surface area contributed by atoms with Gasteiger partial charge in [-0.3, -0.25) is 14.9 Å². The fraction of sp³-hybridized carbons (Fsp3) is 0.385. The molecule has 1 atom stereocenters. The lowest BCUT2D eigenvalue weighted by Gasteiger charge is -2.08. The van der Waals surface area contributed by atoms with Crippen LogP contribution in [0.1, 0.15) is 18.4 Å². The number of aryl methyl sites for hydroxylation is 1. The van der Waals surface area contributed by atoms with Crippen molar-refractivity contribution in [2.45, 2.75) is 25.3 Å². The Bertz CT molecular complexity index is 526. The van der Waals surface area contributed by atoms with Crippen LogP contribution in [0.2, 0.25) is 0 Å². The molecule has 1 saturated heterocycles. The van der Waals surface area contributed by atoms with E-state index in [-0.39, 0.29) is 18.0 Å². The van der Waals surface area contributed by atoms with Gasteiger partial charge in [-0.15, -0.1) is 0 Å². The van der Waals surface area contributed by atoms with Crippen LogP contribution in [0.15, 0.2) is 24.3 Å². The van der Waals surface area contributed by atoms with Crippen molar-refractivity contribution in [2.24, 2.45) is 0 Å². The molecular weight excluding hydrogens is 264 g/mol. The number of ether oxygens (including phenoxy) is 1. The van der Waals surface area contributed by atoms with E-state index < -0.39 is 16.9 Å². The number of nitro groups is 1. The second kappa shape index (κ2) is 6.14. The van der Waals surface area contributed by atoms with Crippen molar-refractivity contribution in [3.63, 3.8) is 0 Å². The van der Waals surface area contributed by atoms with Crippen molar-refractivity contribution in [3.8, 4) is 0 Å². The van der Waals surface area contributed by atoms with Crippen LogP contribution in [0, 0.1) is 10.1 Å². The van der Waals surface area contributed by atoms with E-state index in [1.54, 1.807) is 12.1 Å². The van der Waals surface area contributed by atoms with Gasteiger partial charge in [0, 0.05) is 25.0 Å². The summed E-state index contributed by atoms with van der Waals surface area (Å²) >= 11 is 0. The number of nitrogens with zero attached hydrogens (tertiary/aromatic N) is 1. The molecule has 0 aromatic heterocycles. The van der Waals surface area contributed by atoms with Crippen molar-refractivity contribution in [2.75, 3.05) is 6.61 Å². The third-order valence-electron chi connectivity index (χ3n) is 3.06. The summed E-state index contributed by atoms with van der Waals surface area (Å²) in [7, 11) is 0. The highest BCUT2D eigenvalue weighted by Gasteiger charge is 2.27. The first kappa shape index (κ1) is 14.0. The predicted octanol–water partition coefficient (Wildman–Crippen LogP) is 0.959. The maximum atomic E-state index is 11.7. The molecule has 1 heterocycles. The largest absolute Gasteiger partial charge is 0.464 e. The molecule has 0 spiro atoms. The third kappa shape index (κ3) is 3.53. The van der Waals surface area contributed by atoms with Gasteiger partial charge in [0.05, 0.1) is 11.5 Å². The number of nitrogens with one attached hydrogen (secondary N) is 1. The minimum Gasteiger partial charge on any atom is -0.464 e. The van der Waals surface area contributed by atoms with Gasteiger partial charge in [0.2, 0.25) is 5.91 Å². The lowest BCUT2D eigenvalue weighted by molar-refractivity contribution is -0.384. The summed E-state index contributed by atoms with van der Waals surface area (Å²) in [6.07, 6.45) is 1.19. The Hall–Kier alpha value is -2.44. The molecule has 1 amide bonds. The van der Waals surface area contributed by atoms with Gasteiger partial charge in [-0.1, -0.05) is 12.1 Å². The number of hydrogen-bond donors (Lipinski definition) is 1. The first-order valence-corrected chi connectivity index (χ1v) is 6.25. The topological polar surface area (TPSA) is 98.5 Å². The molecule has 1 aromatic carbocycles. The van der Waals surface area contributed by atoms with E-state index in [0.29, 0.717) is 19.4 Å². The zero-order valence-electron chi connectivity index (χ0n) is 10.7. The minimum atomic E-state index is -0.542. The van der Waals surface area contributed by atoms with E-state index in [1.807, 2.05) is 0 Å². The molecular formula is C13H14N2O5. The van der Waals surface area contributed by atoms with Crippen LogP contribution in [0.5, 0.6) is 0 Å². The Morgan fingerprint density at radius 2 is 2.10 bits per heavy atom. The van der Waals surface area contributed by atoms with Crippen molar-refractivity contribution < 1.29 is 19.2 Å². The van der Waals surface area contributed by atoms with Crippen LogP contribution in [-0.4, -0.2) is 29.4 Å². The van der Waals surface area contributed by atoms with Crippen LogP contribution >= 0.6 is 0 Å². The van der Waals surface area contributed by atoms with E-state index in [1.165, 1.54) is 12.1 Å². The normalized spacial score (nSPS) is 17.6. The lowest BCUT2D eigenvalue weighted by atomic mass is 10.1.